The second kappa shape index (κ2) is 9.95. The Labute approximate surface area is 212 Å². The standard InChI is InChI=1S/C24H20F4N4O4S/c1-4-35-19(33)12-36-23(24(25,26)27,20-15-7-8-30-21(15)13(2)9-18(20)34-3)22-31-16-10-14(11-29)5-6-17(16)32(22)37-28/h5-10,30H,4,12H2,1-3H3. The summed E-state index contributed by atoms with van der Waals surface area (Å²) in [5, 5.41) is 9.31. The van der Waals surface area contributed by atoms with Crippen LogP contribution in [0, 0.1) is 18.3 Å². The number of nitriles is 1. The van der Waals surface area contributed by atoms with E-state index in [0.717, 1.165) is 0 Å². The fourth-order valence-corrected chi connectivity index (χ4v) is 4.75. The van der Waals surface area contributed by atoms with Gasteiger partial charge >= 0.3 is 12.1 Å². The lowest BCUT2D eigenvalue weighted by atomic mass is 9.87. The van der Waals surface area contributed by atoms with Gasteiger partial charge in [-0.3, -0.25) is 0 Å². The number of aryl methyl sites for hydroxylation is 1. The van der Waals surface area contributed by atoms with Gasteiger partial charge in [-0.15, -0.1) is 3.89 Å². The minimum atomic E-state index is -5.29. The van der Waals surface area contributed by atoms with Crippen molar-refractivity contribution in [2.24, 2.45) is 0 Å². The molecule has 8 nitrogen and oxygen atoms in total. The number of hydrogen-bond donors (Lipinski definition) is 1. The maximum atomic E-state index is 15.4. The molecule has 1 unspecified atom stereocenters. The molecule has 0 saturated heterocycles. The zero-order valence-electron chi connectivity index (χ0n) is 19.8. The van der Waals surface area contributed by atoms with Crippen LogP contribution < -0.4 is 4.74 Å². The number of esters is 1. The van der Waals surface area contributed by atoms with E-state index in [9.17, 15) is 13.9 Å². The second-order valence-electron chi connectivity index (χ2n) is 7.92. The number of halogens is 4. The van der Waals surface area contributed by atoms with E-state index in [1.807, 2.05) is 6.07 Å². The molecular formula is C24H20F4N4O4S. The number of nitrogens with one attached hydrogen (secondary N) is 1. The van der Waals surface area contributed by atoms with Crippen LogP contribution in [0.1, 0.15) is 29.4 Å². The lowest BCUT2D eigenvalue weighted by Gasteiger charge is -2.36. The fraction of sp³-hybridized carbons (Fsp3) is 0.292. The number of alkyl halides is 3. The minimum Gasteiger partial charge on any atom is -0.496 e. The molecule has 0 aliphatic heterocycles. The number of imidazole rings is 1. The Morgan fingerprint density at radius 2 is 2.03 bits per heavy atom. The largest absolute Gasteiger partial charge is 0.496 e. The van der Waals surface area contributed by atoms with Gasteiger partial charge in [0.05, 0.1) is 41.9 Å². The van der Waals surface area contributed by atoms with Crippen LogP contribution in [0.4, 0.5) is 17.1 Å². The van der Waals surface area contributed by atoms with Crippen molar-refractivity contribution in [2.75, 3.05) is 20.3 Å². The molecule has 194 valence electrons. The SMILES string of the molecule is CCOC(=O)COC(c1c(OC)cc(C)c2[nH]ccc12)(c1nc2cc(C#N)ccc2n1SF)C(F)(F)F. The van der Waals surface area contributed by atoms with Gasteiger partial charge in [-0.2, -0.15) is 18.4 Å². The van der Waals surface area contributed by atoms with Gasteiger partial charge in [0.25, 0.3) is 5.60 Å². The topological polar surface area (TPSA) is 102 Å². The molecule has 37 heavy (non-hydrogen) atoms. The lowest BCUT2D eigenvalue weighted by molar-refractivity contribution is -0.269. The van der Waals surface area contributed by atoms with Crippen LogP contribution in [0.2, 0.25) is 0 Å². The molecule has 0 saturated carbocycles. The molecule has 2 aromatic heterocycles. The van der Waals surface area contributed by atoms with Crippen molar-refractivity contribution in [1.82, 2.24) is 13.9 Å². The van der Waals surface area contributed by atoms with Gasteiger partial charge in [-0.05, 0) is 49.7 Å². The van der Waals surface area contributed by atoms with Crippen molar-refractivity contribution in [1.29, 1.82) is 5.26 Å². The number of methoxy groups -OCH3 is 1. The normalized spacial score (nSPS) is 13.5. The average molecular weight is 537 g/mol. The van der Waals surface area contributed by atoms with E-state index in [2.05, 4.69) is 9.97 Å². The van der Waals surface area contributed by atoms with E-state index in [1.165, 1.54) is 50.6 Å². The van der Waals surface area contributed by atoms with E-state index < -0.39 is 48.1 Å². The number of aromatic nitrogens is 3. The number of hydrogen-bond acceptors (Lipinski definition) is 7. The molecule has 4 aromatic rings. The molecular weight excluding hydrogens is 516 g/mol. The van der Waals surface area contributed by atoms with Gasteiger partial charge in [-0.1, -0.05) is 0 Å². The van der Waals surface area contributed by atoms with Crippen molar-refractivity contribution in [2.45, 2.75) is 25.6 Å². The molecule has 13 heteroatoms. The van der Waals surface area contributed by atoms with Gasteiger partial charge in [0, 0.05) is 17.1 Å². The molecule has 0 fully saturated rings. The molecule has 0 aliphatic rings. The number of carbonyl (C=O) groups excluding carboxylic acids is 1. The summed E-state index contributed by atoms with van der Waals surface area (Å²) in [5.41, 5.74) is -3.10. The summed E-state index contributed by atoms with van der Waals surface area (Å²) in [4.78, 5) is 19.2. The highest BCUT2D eigenvalue weighted by molar-refractivity contribution is 7.93. The first kappa shape index (κ1) is 26.3. The molecule has 0 radical (unpaired) electrons. The first-order valence-corrected chi connectivity index (χ1v) is 11.5. The van der Waals surface area contributed by atoms with Crippen molar-refractivity contribution in [3.8, 4) is 11.8 Å². The third kappa shape index (κ3) is 4.25. The monoisotopic (exact) mass is 536 g/mol. The molecule has 0 amide bonds. The maximum absolute atomic E-state index is 15.4. The number of nitrogens with zero attached hydrogens (tertiary/aromatic N) is 3. The highest BCUT2D eigenvalue weighted by atomic mass is 32.2. The quantitative estimate of drug-likeness (QED) is 0.235. The number of rotatable bonds is 8. The van der Waals surface area contributed by atoms with Crippen molar-refractivity contribution in [3.63, 3.8) is 0 Å². The van der Waals surface area contributed by atoms with Gasteiger partial charge in [0.1, 0.15) is 12.4 Å². The van der Waals surface area contributed by atoms with E-state index in [4.69, 9.17) is 14.2 Å². The molecule has 1 atom stereocenters. The van der Waals surface area contributed by atoms with E-state index >= 15 is 13.2 Å². The van der Waals surface area contributed by atoms with Crippen molar-refractivity contribution >= 4 is 40.2 Å². The van der Waals surface area contributed by atoms with Crippen LogP contribution in [0.5, 0.6) is 5.75 Å². The highest BCUT2D eigenvalue weighted by Crippen LogP contribution is 2.53. The number of fused-ring (bicyclic) bond motifs is 2. The Bertz CT molecular complexity index is 1530. The van der Waals surface area contributed by atoms with Crippen molar-refractivity contribution in [3.05, 3.63) is 59.0 Å². The number of benzene rings is 2. The lowest BCUT2D eigenvalue weighted by Crippen LogP contribution is -2.49. The Morgan fingerprint density at radius 3 is 2.65 bits per heavy atom. The highest BCUT2D eigenvalue weighted by Gasteiger charge is 2.64. The van der Waals surface area contributed by atoms with Crippen LogP contribution in [-0.2, 0) is 19.9 Å². The van der Waals surface area contributed by atoms with E-state index in [0.29, 0.717) is 15.1 Å². The fourth-order valence-electron chi connectivity index (χ4n) is 4.29. The van der Waals surface area contributed by atoms with Gasteiger partial charge < -0.3 is 19.2 Å². The van der Waals surface area contributed by atoms with E-state index in [1.54, 1.807) is 6.92 Å². The molecule has 1 N–H and O–H groups in total. The average Bonchev–Trinajstić information content (AvgIpc) is 3.49. The predicted octanol–water partition coefficient (Wildman–Crippen LogP) is 5.47. The summed E-state index contributed by atoms with van der Waals surface area (Å²) in [5.74, 6) is -2.19. The third-order valence-electron chi connectivity index (χ3n) is 5.81. The van der Waals surface area contributed by atoms with Crippen LogP contribution in [0.25, 0.3) is 21.9 Å². The Kier molecular flexibility index (Phi) is 7.07. The summed E-state index contributed by atoms with van der Waals surface area (Å²) in [6.07, 6.45) is -3.85. The predicted molar refractivity (Wildman–Crippen MR) is 128 cm³/mol. The summed E-state index contributed by atoms with van der Waals surface area (Å²) in [6, 6.07) is 8.50. The Balaban J connectivity index is 2.17. The summed E-state index contributed by atoms with van der Waals surface area (Å²) in [7, 11) is 1.19. The summed E-state index contributed by atoms with van der Waals surface area (Å²) in [6.45, 7) is 1.95. The minimum absolute atomic E-state index is 0.0359. The first-order valence-electron chi connectivity index (χ1n) is 10.9. The van der Waals surface area contributed by atoms with Crippen molar-refractivity contribution < 1.29 is 36.1 Å². The molecule has 0 bridgehead atoms. The maximum Gasteiger partial charge on any atom is 0.429 e. The van der Waals surface area contributed by atoms with Crippen LogP contribution in [-0.4, -0.2) is 46.4 Å². The zero-order chi connectivity index (χ0) is 27.0. The van der Waals surface area contributed by atoms with Gasteiger partial charge in [0.15, 0.2) is 18.2 Å². The molecule has 2 aromatic carbocycles. The number of H-pyrrole nitrogens is 1. The summed E-state index contributed by atoms with van der Waals surface area (Å²) < 4.78 is 77.0. The Hall–Kier alpha value is -3.76. The number of carbonyl (C=O) groups is 1. The van der Waals surface area contributed by atoms with Crippen LogP contribution >= 0.6 is 12.3 Å². The van der Waals surface area contributed by atoms with Crippen LogP contribution in [0.3, 0.4) is 0 Å². The molecule has 4 rings (SSSR count). The second-order valence-corrected chi connectivity index (χ2v) is 8.43. The van der Waals surface area contributed by atoms with E-state index in [-0.39, 0.29) is 34.3 Å². The molecule has 0 aliphatic carbocycles. The zero-order valence-corrected chi connectivity index (χ0v) is 20.6. The molecule has 2 heterocycles. The Morgan fingerprint density at radius 1 is 1.27 bits per heavy atom. The van der Waals surface area contributed by atoms with Gasteiger partial charge in [-0.25, -0.2) is 13.8 Å². The smallest absolute Gasteiger partial charge is 0.429 e. The van der Waals surface area contributed by atoms with Crippen LogP contribution in [0.15, 0.2) is 36.5 Å². The molecule has 0 spiro atoms. The third-order valence-corrected chi connectivity index (χ3v) is 6.32. The first-order chi connectivity index (χ1) is 17.6. The summed E-state index contributed by atoms with van der Waals surface area (Å²) >= 11 is -0.522. The number of ether oxygens (including phenoxy) is 3. The van der Waals surface area contributed by atoms with Gasteiger partial charge in [0.2, 0.25) is 0 Å². The number of aromatic amines is 1.